The average molecular weight is 330 g/mol. The fourth-order valence-electron chi connectivity index (χ4n) is 2.54. The molecule has 0 radical (unpaired) electrons. The van der Waals surface area contributed by atoms with E-state index in [-0.39, 0.29) is 22.4 Å². The van der Waals surface area contributed by atoms with E-state index in [4.69, 9.17) is 11.6 Å². The lowest BCUT2D eigenvalue weighted by Gasteiger charge is -2.33. The zero-order valence-electron chi connectivity index (χ0n) is 11.9. The van der Waals surface area contributed by atoms with Crippen molar-refractivity contribution >= 4 is 29.1 Å². The van der Waals surface area contributed by atoms with Gasteiger partial charge in [0.05, 0.1) is 17.1 Å². The van der Waals surface area contributed by atoms with Crippen molar-refractivity contribution in [2.24, 2.45) is 5.92 Å². The van der Waals surface area contributed by atoms with Crippen molar-refractivity contribution in [3.05, 3.63) is 27.4 Å². The van der Waals surface area contributed by atoms with E-state index in [0.717, 1.165) is 0 Å². The molecule has 0 spiro atoms. The number of anilines is 1. The molecule has 0 saturated carbocycles. The minimum absolute atomic E-state index is 0.153. The monoisotopic (exact) mass is 329 g/mol. The van der Waals surface area contributed by atoms with Crippen LogP contribution < -0.4 is 4.90 Å². The quantitative estimate of drug-likeness (QED) is 0.505. The number of aromatic nitrogens is 1. The summed E-state index contributed by atoms with van der Waals surface area (Å²) in [7, 11) is 1.22. The number of aliphatic hydroxyl groups excluding tert-OH is 1. The molecule has 1 aromatic rings. The second-order valence-electron chi connectivity index (χ2n) is 5.05. The molecule has 0 aromatic carbocycles. The van der Waals surface area contributed by atoms with Crippen LogP contribution in [0.25, 0.3) is 0 Å². The standard InChI is InChI=1S/C13H16ClN3O5/c1-22-13(19)11(18)8-2-4-16(5-3-8)12-10(17(20)21)6-9(14)7-15-12/h6-8,11,18H,2-5H2,1H3. The van der Waals surface area contributed by atoms with Crippen LogP contribution in [0.4, 0.5) is 11.5 Å². The molecule has 2 rings (SSSR count). The van der Waals surface area contributed by atoms with Crippen LogP contribution in [-0.4, -0.2) is 47.3 Å². The third-order valence-corrected chi connectivity index (χ3v) is 3.95. The Morgan fingerprint density at radius 1 is 1.59 bits per heavy atom. The predicted octanol–water partition coefficient (Wildman–Crippen LogP) is 1.39. The highest BCUT2D eigenvalue weighted by atomic mass is 35.5. The van der Waals surface area contributed by atoms with Crippen LogP contribution in [0.15, 0.2) is 12.3 Å². The summed E-state index contributed by atoms with van der Waals surface area (Å²) in [6.07, 6.45) is 1.22. The zero-order chi connectivity index (χ0) is 16.3. The van der Waals surface area contributed by atoms with Crippen LogP contribution in [0.3, 0.4) is 0 Å². The number of hydrogen-bond acceptors (Lipinski definition) is 7. The lowest BCUT2D eigenvalue weighted by Crippen LogP contribution is -2.41. The Labute approximate surface area is 131 Å². The van der Waals surface area contributed by atoms with Gasteiger partial charge in [0.1, 0.15) is 0 Å². The third-order valence-electron chi connectivity index (χ3n) is 3.74. The van der Waals surface area contributed by atoms with Crippen molar-refractivity contribution in [3.63, 3.8) is 0 Å². The first-order valence-electron chi connectivity index (χ1n) is 6.74. The minimum atomic E-state index is -1.17. The first-order valence-corrected chi connectivity index (χ1v) is 7.12. The Balaban J connectivity index is 2.09. The maximum atomic E-state index is 11.3. The molecule has 1 atom stereocenters. The van der Waals surface area contributed by atoms with E-state index in [1.165, 1.54) is 19.4 Å². The summed E-state index contributed by atoms with van der Waals surface area (Å²) in [4.78, 5) is 27.7. The molecule has 2 heterocycles. The highest BCUT2D eigenvalue weighted by molar-refractivity contribution is 6.30. The van der Waals surface area contributed by atoms with Crippen molar-refractivity contribution in [1.82, 2.24) is 4.98 Å². The molecule has 1 saturated heterocycles. The van der Waals surface area contributed by atoms with Gasteiger partial charge in [0.15, 0.2) is 6.10 Å². The van der Waals surface area contributed by atoms with Crippen molar-refractivity contribution < 1.29 is 19.6 Å². The van der Waals surface area contributed by atoms with Gasteiger partial charge >= 0.3 is 11.7 Å². The molecular weight excluding hydrogens is 314 g/mol. The van der Waals surface area contributed by atoms with Gasteiger partial charge in [-0.3, -0.25) is 10.1 Å². The zero-order valence-corrected chi connectivity index (χ0v) is 12.7. The van der Waals surface area contributed by atoms with Gasteiger partial charge in [-0.25, -0.2) is 9.78 Å². The van der Waals surface area contributed by atoms with Gasteiger partial charge in [-0.05, 0) is 18.8 Å². The van der Waals surface area contributed by atoms with Crippen molar-refractivity contribution in [2.45, 2.75) is 18.9 Å². The summed E-state index contributed by atoms with van der Waals surface area (Å²) in [5, 5.41) is 21.1. The normalized spacial score (nSPS) is 17.1. The number of carbonyl (C=O) groups is 1. The van der Waals surface area contributed by atoms with E-state index in [9.17, 15) is 20.0 Å². The second-order valence-corrected chi connectivity index (χ2v) is 5.48. The molecule has 0 aliphatic carbocycles. The molecule has 8 nitrogen and oxygen atoms in total. The van der Waals surface area contributed by atoms with E-state index < -0.39 is 17.0 Å². The molecule has 1 aromatic heterocycles. The Kier molecular flexibility index (Phi) is 5.15. The number of carbonyl (C=O) groups excluding carboxylic acids is 1. The summed E-state index contributed by atoms with van der Waals surface area (Å²) >= 11 is 5.75. The molecular formula is C13H16ClN3O5. The van der Waals surface area contributed by atoms with Crippen LogP contribution >= 0.6 is 11.6 Å². The van der Waals surface area contributed by atoms with E-state index in [2.05, 4.69) is 9.72 Å². The maximum Gasteiger partial charge on any atom is 0.334 e. The van der Waals surface area contributed by atoms with Crippen LogP contribution in [0.5, 0.6) is 0 Å². The van der Waals surface area contributed by atoms with E-state index in [0.29, 0.717) is 25.9 Å². The number of halogens is 1. The molecule has 120 valence electrons. The fraction of sp³-hybridized carbons (Fsp3) is 0.538. The number of methoxy groups -OCH3 is 1. The predicted molar refractivity (Wildman–Crippen MR) is 78.9 cm³/mol. The van der Waals surface area contributed by atoms with Gasteiger partial charge in [-0.1, -0.05) is 11.6 Å². The largest absolute Gasteiger partial charge is 0.467 e. The van der Waals surface area contributed by atoms with Crippen LogP contribution in [0.1, 0.15) is 12.8 Å². The van der Waals surface area contributed by atoms with Gasteiger partial charge in [0, 0.05) is 25.4 Å². The highest BCUT2D eigenvalue weighted by Crippen LogP contribution is 2.32. The number of pyridine rings is 1. The minimum Gasteiger partial charge on any atom is -0.467 e. The number of nitro groups is 1. The SMILES string of the molecule is COC(=O)C(O)C1CCN(c2ncc(Cl)cc2[N+](=O)[O-])CC1. The van der Waals surface area contributed by atoms with Crippen molar-refractivity contribution in [1.29, 1.82) is 0 Å². The second kappa shape index (κ2) is 6.89. The number of piperidine rings is 1. The number of nitrogens with zero attached hydrogens (tertiary/aromatic N) is 3. The van der Waals surface area contributed by atoms with Gasteiger partial charge in [0.2, 0.25) is 5.82 Å². The fourth-order valence-corrected chi connectivity index (χ4v) is 2.69. The molecule has 22 heavy (non-hydrogen) atoms. The Bertz CT molecular complexity index is 575. The van der Waals surface area contributed by atoms with Crippen LogP contribution in [0.2, 0.25) is 5.02 Å². The molecule has 1 aliphatic heterocycles. The topological polar surface area (TPSA) is 106 Å². The number of hydrogen-bond donors (Lipinski definition) is 1. The lowest BCUT2D eigenvalue weighted by molar-refractivity contribution is -0.384. The summed E-state index contributed by atoms with van der Waals surface area (Å²) < 4.78 is 4.52. The molecule has 1 N–H and O–H groups in total. The molecule has 1 aliphatic rings. The van der Waals surface area contributed by atoms with Gasteiger partial charge < -0.3 is 14.7 Å². The Morgan fingerprint density at radius 2 is 2.23 bits per heavy atom. The van der Waals surface area contributed by atoms with Gasteiger partial charge in [-0.2, -0.15) is 0 Å². The van der Waals surface area contributed by atoms with Crippen molar-refractivity contribution in [3.8, 4) is 0 Å². The molecule has 1 unspecified atom stereocenters. The smallest absolute Gasteiger partial charge is 0.334 e. The molecule has 1 fully saturated rings. The summed E-state index contributed by atoms with van der Waals surface area (Å²) in [6, 6.07) is 1.26. The van der Waals surface area contributed by atoms with Gasteiger partial charge in [0.25, 0.3) is 0 Å². The first-order chi connectivity index (χ1) is 10.4. The molecule has 0 bridgehead atoms. The number of rotatable bonds is 4. The third kappa shape index (κ3) is 3.45. The van der Waals surface area contributed by atoms with Crippen LogP contribution in [0, 0.1) is 16.0 Å². The van der Waals surface area contributed by atoms with Gasteiger partial charge in [-0.15, -0.1) is 0 Å². The summed E-state index contributed by atoms with van der Waals surface area (Å²) in [5.41, 5.74) is -0.153. The summed E-state index contributed by atoms with van der Waals surface area (Å²) in [6.45, 7) is 0.905. The number of ether oxygens (including phenoxy) is 1. The maximum absolute atomic E-state index is 11.3. The van der Waals surface area contributed by atoms with Crippen LogP contribution in [-0.2, 0) is 9.53 Å². The Hall–Kier alpha value is -1.93. The van der Waals surface area contributed by atoms with Crippen molar-refractivity contribution in [2.75, 3.05) is 25.1 Å². The van der Waals surface area contributed by atoms with E-state index in [1.807, 2.05) is 0 Å². The van der Waals surface area contributed by atoms with E-state index in [1.54, 1.807) is 4.90 Å². The number of esters is 1. The molecule has 0 amide bonds. The molecule has 9 heteroatoms. The lowest BCUT2D eigenvalue weighted by atomic mass is 9.91. The Morgan fingerprint density at radius 3 is 2.77 bits per heavy atom. The summed E-state index contributed by atoms with van der Waals surface area (Å²) in [5.74, 6) is -0.635. The highest BCUT2D eigenvalue weighted by Gasteiger charge is 2.32. The first kappa shape index (κ1) is 16.4. The number of aliphatic hydroxyl groups is 1. The average Bonchev–Trinajstić information content (AvgIpc) is 2.53. The van der Waals surface area contributed by atoms with E-state index >= 15 is 0 Å².